The van der Waals surface area contributed by atoms with Crippen molar-refractivity contribution < 1.29 is 13.2 Å². The lowest BCUT2D eigenvalue weighted by molar-refractivity contribution is -0.116. The molecule has 1 aromatic carbocycles. The summed E-state index contributed by atoms with van der Waals surface area (Å²) in [6, 6.07) is 5.26. The average molecular weight is 412 g/mol. The van der Waals surface area contributed by atoms with Gasteiger partial charge in [-0.1, -0.05) is 11.6 Å². The molecule has 0 atom stereocenters. The van der Waals surface area contributed by atoms with Crippen LogP contribution in [0.3, 0.4) is 0 Å². The van der Waals surface area contributed by atoms with Crippen molar-refractivity contribution in [1.82, 2.24) is 8.87 Å². The van der Waals surface area contributed by atoms with E-state index >= 15 is 0 Å². The number of nitrogen functional groups attached to an aromatic ring is 1. The molecular formula is C16H18ClN5O4S. The topological polar surface area (TPSA) is 138 Å². The number of aromatic nitrogens is 1. The quantitative estimate of drug-likeness (QED) is 0.478. The number of halogens is 1. The van der Waals surface area contributed by atoms with Gasteiger partial charge in [0.25, 0.3) is 5.56 Å². The molecule has 4 N–H and O–H groups in total. The van der Waals surface area contributed by atoms with Crippen LogP contribution in [0.2, 0.25) is 5.02 Å². The van der Waals surface area contributed by atoms with E-state index in [2.05, 4.69) is 5.32 Å². The summed E-state index contributed by atoms with van der Waals surface area (Å²) in [5.74, 6) is -0.637. The van der Waals surface area contributed by atoms with Crippen LogP contribution in [0.1, 0.15) is 5.56 Å². The van der Waals surface area contributed by atoms with Gasteiger partial charge in [-0.2, -0.15) is 4.31 Å². The molecule has 2 aromatic rings. The smallest absolute Gasteiger partial charge is 0.252 e. The molecule has 1 heterocycles. The van der Waals surface area contributed by atoms with Crippen LogP contribution < -0.4 is 16.6 Å². The number of likely N-dealkylation sites (N-methyl/N-ethyl adjacent to an activating group) is 1. The first-order valence-electron chi connectivity index (χ1n) is 7.58. The Morgan fingerprint density at radius 2 is 2.07 bits per heavy atom. The lowest BCUT2D eigenvalue weighted by atomic mass is 10.2. The van der Waals surface area contributed by atoms with Gasteiger partial charge in [0.05, 0.1) is 12.2 Å². The van der Waals surface area contributed by atoms with Gasteiger partial charge in [0.15, 0.2) is 0 Å². The molecule has 1 aromatic heterocycles. The summed E-state index contributed by atoms with van der Waals surface area (Å²) in [7, 11) is -1.36. The van der Waals surface area contributed by atoms with Crippen molar-refractivity contribution in [2.45, 2.75) is 4.90 Å². The van der Waals surface area contributed by atoms with E-state index in [-0.39, 0.29) is 32.4 Å². The molecule has 0 saturated carbocycles. The Balaban J connectivity index is 2.23. The number of nitrogens with zero attached hydrogens (tertiary/aromatic N) is 2. The molecule has 9 nitrogen and oxygen atoms in total. The van der Waals surface area contributed by atoms with Gasteiger partial charge in [-0.3, -0.25) is 9.59 Å². The number of hydrogen-bond donors (Lipinski definition) is 3. The maximum atomic E-state index is 12.7. The summed E-state index contributed by atoms with van der Waals surface area (Å²) in [4.78, 5) is 23.4. The van der Waals surface area contributed by atoms with Crippen LogP contribution in [-0.2, 0) is 21.9 Å². The van der Waals surface area contributed by atoms with E-state index in [4.69, 9.17) is 22.7 Å². The maximum Gasteiger partial charge on any atom is 0.252 e. The van der Waals surface area contributed by atoms with Crippen molar-refractivity contribution >= 4 is 45.1 Å². The summed E-state index contributed by atoms with van der Waals surface area (Å²) in [6.45, 7) is -0.510. The van der Waals surface area contributed by atoms with Crippen LogP contribution in [0.15, 0.2) is 40.2 Å². The minimum Gasteiger partial charge on any atom is -0.397 e. The predicted octanol–water partition coefficient (Wildman–Crippen LogP) is 0.878. The maximum absolute atomic E-state index is 12.7. The molecule has 0 radical (unpaired) electrons. The first-order valence-corrected chi connectivity index (χ1v) is 9.40. The molecule has 0 saturated heterocycles. The SMILES string of the molecule is CN(CC(=O)Nc1ccn(C)c(=O)c1)S(=O)(=O)c1cc(Cl)cc(C=N)c1N. The fraction of sp³-hybridized carbons (Fsp3) is 0.188. The first kappa shape index (κ1) is 20.6. The van der Waals surface area contributed by atoms with Crippen molar-refractivity contribution in [2.75, 3.05) is 24.6 Å². The molecule has 0 aliphatic rings. The highest BCUT2D eigenvalue weighted by molar-refractivity contribution is 7.89. The van der Waals surface area contributed by atoms with Crippen molar-refractivity contribution in [3.63, 3.8) is 0 Å². The number of anilines is 2. The van der Waals surface area contributed by atoms with Gasteiger partial charge in [0.2, 0.25) is 15.9 Å². The Bertz CT molecular complexity index is 1060. The number of pyridine rings is 1. The summed E-state index contributed by atoms with van der Waals surface area (Å²) < 4.78 is 27.6. The van der Waals surface area contributed by atoms with Crippen LogP contribution in [0.4, 0.5) is 11.4 Å². The van der Waals surface area contributed by atoms with Crippen molar-refractivity contribution in [3.05, 3.63) is 51.4 Å². The number of aryl methyl sites for hydroxylation is 1. The summed E-state index contributed by atoms with van der Waals surface area (Å²) in [5, 5.41) is 9.85. The highest BCUT2D eigenvalue weighted by atomic mass is 35.5. The van der Waals surface area contributed by atoms with Crippen molar-refractivity contribution in [3.8, 4) is 0 Å². The van der Waals surface area contributed by atoms with Gasteiger partial charge in [0, 0.05) is 48.8 Å². The molecule has 0 fully saturated rings. The van der Waals surface area contributed by atoms with E-state index in [1.165, 1.54) is 36.0 Å². The lowest BCUT2D eigenvalue weighted by Crippen LogP contribution is -2.35. The molecule has 0 bridgehead atoms. The van der Waals surface area contributed by atoms with Crippen LogP contribution in [0.5, 0.6) is 0 Å². The van der Waals surface area contributed by atoms with Gasteiger partial charge < -0.3 is 21.0 Å². The highest BCUT2D eigenvalue weighted by Crippen LogP contribution is 2.28. The van der Waals surface area contributed by atoms with Crippen LogP contribution >= 0.6 is 11.6 Å². The number of nitrogens with one attached hydrogen (secondary N) is 2. The predicted molar refractivity (Wildman–Crippen MR) is 104 cm³/mol. The molecular weight excluding hydrogens is 394 g/mol. The second kappa shape index (κ2) is 7.91. The molecule has 0 aliphatic carbocycles. The monoisotopic (exact) mass is 411 g/mol. The second-order valence-electron chi connectivity index (χ2n) is 5.72. The van der Waals surface area contributed by atoms with E-state index < -0.39 is 22.5 Å². The molecule has 27 heavy (non-hydrogen) atoms. The molecule has 144 valence electrons. The van der Waals surface area contributed by atoms with Crippen LogP contribution in [-0.4, -0.2) is 43.0 Å². The fourth-order valence-electron chi connectivity index (χ4n) is 2.23. The van der Waals surface area contributed by atoms with E-state index in [9.17, 15) is 18.0 Å². The second-order valence-corrected chi connectivity index (χ2v) is 8.17. The standard InChI is InChI=1S/C16H18ClN5O4S/c1-21-4-3-12(7-15(21)24)20-14(23)9-22(2)27(25,26)13-6-11(17)5-10(8-18)16(13)19/h3-8,18H,9,19H2,1-2H3,(H,20,23). The Morgan fingerprint density at radius 3 is 2.67 bits per heavy atom. The van der Waals surface area contributed by atoms with Gasteiger partial charge in [-0.05, 0) is 18.2 Å². The largest absolute Gasteiger partial charge is 0.397 e. The van der Waals surface area contributed by atoms with E-state index in [1.54, 1.807) is 7.05 Å². The molecule has 0 unspecified atom stereocenters. The number of carbonyl (C=O) groups is 1. The Kier molecular flexibility index (Phi) is 6.04. The van der Waals surface area contributed by atoms with E-state index in [0.29, 0.717) is 0 Å². The van der Waals surface area contributed by atoms with Crippen LogP contribution in [0, 0.1) is 5.41 Å². The van der Waals surface area contributed by atoms with E-state index in [1.807, 2.05) is 0 Å². The van der Waals surface area contributed by atoms with Crippen LogP contribution in [0.25, 0.3) is 0 Å². The van der Waals surface area contributed by atoms with Gasteiger partial charge in [-0.15, -0.1) is 0 Å². The zero-order chi connectivity index (χ0) is 20.4. The molecule has 0 aliphatic heterocycles. The zero-order valence-corrected chi connectivity index (χ0v) is 16.1. The Hall–Kier alpha value is -2.69. The van der Waals surface area contributed by atoms with Gasteiger partial charge in [-0.25, -0.2) is 8.42 Å². The number of amides is 1. The van der Waals surface area contributed by atoms with Gasteiger partial charge in [0.1, 0.15) is 4.90 Å². The molecule has 2 rings (SSSR count). The summed E-state index contributed by atoms with van der Waals surface area (Å²) >= 11 is 5.90. The lowest BCUT2D eigenvalue weighted by Gasteiger charge is -2.19. The number of benzene rings is 1. The van der Waals surface area contributed by atoms with Gasteiger partial charge >= 0.3 is 0 Å². The molecule has 0 spiro atoms. The normalized spacial score (nSPS) is 11.4. The van der Waals surface area contributed by atoms with Crippen molar-refractivity contribution in [1.29, 1.82) is 5.41 Å². The average Bonchev–Trinajstić information content (AvgIpc) is 2.59. The Labute approximate surface area is 160 Å². The zero-order valence-electron chi connectivity index (χ0n) is 14.6. The fourth-order valence-corrected chi connectivity index (χ4v) is 3.81. The molecule has 1 amide bonds. The number of sulfonamides is 1. The first-order chi connectivity index (χ1) is 12.6. The highest BCUT2D eigenvalue weighted by Gasteiger charge is 2.26. The Morgan fingerprint density at radius 1 is 1.41 bits per heavy atom. The number of nitrogens with two attached hydrogens (primary N) is 1. The minimum absolute atomic E-state index is 0.0965. The summed E-state index contributed by atoms with van der Waals surface area (Å²) in [6.07, 6.45) is 2.37. The van der Waals surface area contributed by atoms with Crippen molar-refractivity contribution in [2.24, 2.45) is 7.05 Å². The molecule has 11 heteroatoms. The number of carbonyl (C=O) groups excluding carboxylic acids is 1. The third-order valence-corrected chi connectivity index (χ3v) is 5.80. The summed E-state index contributed by atoms with van der Waals surface area (Å²) in [5.41, 5.74) is 5.77. The number of hydrogen-bond acceptors (Lipinski definition) is 6. The minimum atomic E-state index is -4.13. The third-order valence-electron chi connectivity index (χ3n) is 3.74. The van der Waals surface area contributed by atoms with E-state index in [0.717, 1.165) is 16.6 Å². The number of rotatable bonds is 6. The third kappa shape index (κ3) is 4.54.